The number of nitrogens with one attached hydrogen (secondary N) is 2. The molecule has 1 saturated heterocycles. The maximum atomic E-state index is 11.9. The van der Waals surface area contributed by atoms with Gasteiger partial charge in [-0.05, 0) is 31.9 Å². The maximum absolute atomic E-state index is 11.9. The predicted octanol–water partition coefficient (Wildman–Crippen LogP) is 2.35. The Kier molecular flexibility index (Phi) is 5.40. The number of fused-ring (bicyclic) bond motifs is 1. The van der Waals surface area contributed by atoms with Crippen molar-refractivity contribution in [2.45, 2.75) is 31.0 Å². The van der Waals surface area contributed by atoms with E-state index >= 15 is 0 Å². The quantitative estimate of drug-likeness (QED) is 0.760. The Balaban J connectivity index is 1.51. The zero-order chi connectivity index (χ0) is 16.1. The summed E-state index contributed by atoms with van der Waals surface area (Å²) in [5, 5.41) is 3.64. The van der Waals surface area contributed by atoms with Gasteiger partial charge in [0.25, 0.3) is 0 Å². The Morgan fingerprint density at radius 3 is 3.26 bits per heavy atom. The molecular weight excluding hydrogens is 314 g/mol. The van der Waals surface area contributed by atoms with Gasteiger partial charge in [-0.2, -0.15) is 0 Å². The fourth-order valence-corrected chi connectivity index (χ4v) is 3.22. The smallest absolute Gasteiger partial charge is 0.230 e. The molecule has 1 aliphatic heterocycles. The van der Waals surface area contributed by atoms with Crippen LogP contribution in [-0.4, -0.2) is 47.5 Å². The van der Waals surface area contributed by atoms with Gasteiger partial charge in [0.1, 0.15) is 5.75 Å². The van der Waals surface area contributed by atoms with Crippen molar-refractivity contribution in [2.24, 2.45) is 0 Å². The molecule has 0 bridgehead atoms. The third-order valence-electron chi connectivity index (χ3n) is 3.63. The van der Waals surface area contributed by atoms with Gasteiger partial charge in [-0.25, -0.2) is 4.98 Å². The zero-order valence-electron chi connectivity index (χ0n) is 13.1. The molecule has 1 aliphatic rings. The highest BCUT2D eigenvalue weighted by Gasteiger charge is 2.16. The highest BCUT2D eigenvalue weighted by atomic mass is 32.2. The molecule has 1 aromatic carbocycles. The van der Waals surface area contributed by atoms with E-state index in [9.17, 15) is 4.79 Å². The van der Waals surface area contributed by atoms with E-state index in [1.165, 1.54) is 11.8 Å². The average molecular weight is 335 g/mol. The summed E-state index contributed by atoms with van der Waals surface area (Å²) >= 11 is 1.40. The van der Waals surface area contributed by atoms with Crippen LogP contribution in [0.3, 0.4) is 0 Å². The summed E-state index contributed by atoms with van der Waals surface area (Å²) in [4.78, 5) is 19.6. The average Bonchev–Trinajstić information content (AvgIpc) is 3.20. The van der Waals surface area contributed by atoms with Gasteiger partial charge in [-0.1, -0.05) is 11.8 Å². The van der Waals surface area contributed by atoms with Crippen molar-refractivity contribution >= 4 is 28.7 Å². The highest BCUT2D eigenvalue weighted by Crippen LogP contribution is 2.23. The van der Waals surface area contributed by atoms with E-state index in [1.54, 1.807) is 0 Å². The fraction of sp³-hybridized carbons (Fsp3) is 0.500. The molecule has 0 saturated carbocycles. The first-order chi connectivity index (χ1) is 11.2. The van der Waals surface area contributed by atoms with Crippen LogP contribution in [0.1, 0.15) is 19.8 Å². The molecule has 23 heavy (non-hydrogen) atoms. The largest absolute Gasteiger partial charge is 0.494 e. The number of aromatic nitrogens is 2. The van der Waals surface area contributed by atoms with Crippen LogP contribution in [0.4, 0.5) is 0 Å². The number of hydrogen-bond acceptors (Lipinski definition) is 5. The van der Waals surface area contributed by atoms with E-state index in [1.807, 2.05) is 25.1 Å². The van der Waals surface area contributed by atoms with Gasteiger partial charge >= 0.3 is 0 Å². The topological polar surface area (TPSA) is 76.2 Å². The summed E-state index contributed by atoms with van der Waals surface area (Å²) in [6.07, 6.45) is 2.28. The molecule has 0 radical (unpaired) electrons. The third-order valence-corrected chi connectivity index (χ3v) is 4.51. The van der Waals surface area contributed by atoms with Gasteiger partial charge in [0.05, 0.1) is 29.5 Å². The summed E-state index contributed by atoms with van der Waals surface area (Å²) < 4.78 is 11.0. The van der Waals surface area contributed by atoms with Crippen molar-refractivity contribution < 1.29 is 14.3 Å². The van der Waals surface area contributed by atoms with Gasteiger partial charge in [0.15, 0.2) is 5.16 Å². The van der Waals surface area contributed by atoms with Crippen molar-refractivity contribution in [3.63, 3.8) is 0 Å². The normalized spacial score (nSPS) is 17.5. The molecule has 1 atom stereocenters. The van der Waals surface area contributed by atoms with E-state index in [0.29, 0.717) is 18.9 Å². The Hall–Kier alpha value is -1.73. The summed E-state index contributed by atoms with van der Waals surface area (Å²) in [7, 11) is 0. The zero-order valence-corrected chi connectivity index (χ0v) is 13.9. The molecule has 3 rings (SSSR count). The molecule has 0 spiro atoms. The first-order valence-corrected chi connectivity index (χ1v) is 8.87. The molecule has 124 valence electrons. The fourth-order valence-electron chi connectivity index (χ4n) is 2.51. The summed E-state index contributed by atoms with van der Waals surface area (Å²) in [6.45, 7) is 3.98. The summed E-state index contributed by atoms with van der Waals surface area (Å²) in [5.41, 5.74) is 1.79. The SMILES string of the molecule is CCOc1ccc2nc(SCC(=O)NCC3CCCO3)[nH]c2c1. The van der Waals surface area contributed by atoms with Crippen molar-refractivity contribution in [1.82, 2.24) is 15.3 Å². The molecule has 1 fully saturated rings. The van der Waals surface area contributed by atoms with Gasteiger partial charge in [0, 0.05) is 19.2 Å². The lowest BCUT2D eigenvalue weighted by molar-refractivity contribution is -0.119. The molecule has 1 aromatic heterocycles. The second-order valence-electron chi connectivity index (χ2n) is 5.38. The number of H-pyrrole nitrogens is 1. The van der Waals surface area contributed by atoms with E-state index in [0.717, 1.165) is 41.4 Å². The summed E-state index contributed by atoms with van der Waals surface area (Å²) in [6, 6.07) is 5.74. The van der Waals surface area contributed by atoms with Crippen molar-refractivity contribution in [1.29, 1.82) is 0 Å². The number of nitrogens with zero attached hydrogens (tertiary/aromatic N) is 1. The molecule has 7 heteroatoms. The first-order valence-electron chi connectivity index (χ1n) is 7.88. The van der Waals surface area contributed by atoms with E-state index < -0.39 is 0 Å². The minimum Gasteiger partial charge on any atom is -0.494 e. The van der Waals surface area contributed by atoms with Gasteiger partial charge in [-0.15, -0.1) is 0 Å². The minimum absolute atomic E-state index is 0.000890. The van der Waals surface area contributed by atoms with Gasteiger partial charge < -0.3 is 19.8 Å². The first kappa shape index (κ1) is 16.1. The second-order valence-corrected chi connectivity index (χ2v) is 6.35. The number of carbonyl (C=O) groups excluding carboxylic acids is 1. The second kappa shape index (κ2) is 7.70. The number of hydrogen-bond donors (Lipinski definition) is 2. The molecule has 1 amide bonds. The molecule has 2 heterocycles. The van der Waals surface area contributed by atoms with Gasteiger partial charge in [-0.3, -0.25) is 4.79 Å². The highest BCUT2D eigenvalue weighted by molar-refractivity contribution is 7.99. The predicted molar refractivity (Wildman–Crippen MR) is 90.0 cm³/mol. The van der Waals surface area contributed by atoms with Crippen LogP contribution in [0.15, 0.2) is 23.4 Å². The van der Waals surface area contributed by atoms with Crippen LogP contribution < -0.4 is 10.1 Å². The van der Waals surface area contributed by atoms with Crippen LogP contribution in [-0.2, 0) is 9.53 Å². The van der Waals surface area contributed by atoms with Crippen molar-refractivity contribution in [3.8, 4) is 5.75 Å². The molecule has 0 aliphatic carbocycles. The van der Waals surface area contributed by atoms with Gasteiger partial charge in [0.2, 0.25) is 5.91 Å². The number of carbonyl (C=O) groups is 1. The monoisotopic (exact) mass is 335 g/mol. The molecular formula is C16H21N3O3S. The Morgan fingerprint density at radius 2 is 2.48 bits per heavy atom. The van der Waals surface area contributed by atoms with Crippen molar-refractivity contribution in [3.05, 3.63) is 18.2 Å². The number of ether oxygens (including phenoxy) is 2. The van der Waals surface area contributed by atoms with Crippen LogP contribution >= 0.6 is 11.8 Å². The third kappa shape index (κ3) is 4.39. The Morgan fingerprint density at radius 1 is 1.57 bits per heavy atom. The van der Waals surface area contributed by atoms with Crippen molar-refractivity contribution in [2.75, 3.05) is 25.5 Å². The lowest BCUT2D eigenvalue weighted by atomic mass is 10.2. The molecule has 6 nitrogen and oxygen atoms in total. The van der Waals surface area contributed by atoms with E-state index in [-0.39, 0.29) is 12.0 Å². The Labute approximate surface area is 139 Å². The van der Waals surface area contributed by atoms with Crippen LogP contribution in [0.25, 0.3) is 11.0 Å². The number of rotatable bonds is 7. The van der Waals surface area contributed by atoms with Crippen LogP contribution in [0.5, 0.6) is 5.75 Å². The molecule has 2 aromatic rings. The van der Waals surface area contributed by atoms with Crippen LogP contribution in [0.2, 0.25) is 0 Å². The lowest BCUT2D eigenvalue weighted by Crippen LogP contribution is -2.32. The number of amides is 1. The summed E-state index contributed by atoms with van der Waals surface area (Å²) in [5.74, 6) is 1.15. The van der Waals surface area contributed by atoms with Crippen LogP contribution in [0, 0.1) is 0 Å². The van der Waals surface area contributed by atoms with E-state index in [2.05, 4.69) is 15.3 Å². The standard InChI is InChI=1S/C16H21N3O3S/c1-2-21-11-5-6-13-14(8-11)19-16(18-13)23-10-15(20)17-9-12-4-3-7-22-12/h5-6,8,12H,2-4,7,9-10H2,1H3,(H,17,20)(H,18,19). The Bertz CT molecular complexity index is 668. The minimum atomic E-state index is 0.000890. The number of thioether (sulfide) groups is 1. The number of aromatic amines is 1. The lowest BCUT2D eigenvalue weighted by Gasteiger charge is -2.10. The number of imidazole rings is 1. The van der Waals surface area contributed by atoms with E-state index in [4.69, 9.17) is 9.47 Å². The number of benzene rings is 1. The molecule has 2 N–H and O–H groups in total. The maximum Gasteiger partial charge on any atom is 0.230 e. The molecule has 1 unspecified atom stereocenters.